The van der Waals surface area contributed by atoms with Crippen LogP contribution in [0.4, 0.5) is 15.8 Å². The van der Waals surface area contributed by atoms with Gasteiger partial charge in [-0.1, -0.05) is 0 Å². The van der Waals surface area contributed by atoms with Crippen LogP contribution in [-0.4, -0.2) is 24.3 Å². The summed E-state index contributed by atoms with van der Waals surface area (Å²) in [6, 6.07) is 5.15. The first kappa shape index (κ1) is 14.3. The molecule has 4 aromatic rings. The van der Waals surface area contributed by atoms with Crippen LogP contribution in [0.5, 0.6) is 0 Å². The molecule has 1 N–H and O–H groups in total. The number of aryl methyl sites for hydroxylation is 1. The third-order valence-corrected chi connectivity index (χ3v) is 3.64. The van der Waals surface area contributed by atoms with Crippen molar-refractivity contribution in [2.24, 2.45) is 0 Å². The Balaban J connectivity index is 1.77. The van der Waals surface area contributed by atoms with E-state index in [0.717, 1.165) is 28.3 Å². The lowest BCUT2D eigenvalue weighted by atomic mass is 10.2. The number of aromatic nitrogens is 5. The molecule has 0 unspecified atom stereocenters. The number of imidazole rings is 1. The second-order valence-corrected chi connectivity index (χ2v) is 5.36. The van der Waals surface area contributed by atoms with Crippen LogP contribution in [0.25, 0.3) is 17.0 Å². The second kappa shape index (κ2) is 5.69. The first-order valence-electron chi connectivity index (χ1n) is 7.32. The minimum absolute atomic E-state index is 0.388. The third-order valence-electron chi connectivity index (χ3n) is 3.64. The molecule has 0 saturated heterocycles. The van der Waals surface area contributed by atoms with E-state index in [1.807, 2.05) is 29.7 Å². The number of pyridine rings is 2. The summed E-state index contributed by atoms with van der Waals surface area (Å²) in [7, 11) is 0. The minimum Gasteiger partial charge on any atom is -0.353 e. The molecule has 4 rings (SSSR count). The van der Waals surface area contributed by atoms with E-state index in [1.165, 1.54) is 18.6 Å². The van der Waals surface area contributed by atoms with Crippen molar-refractivity contribution in [2.45, 2.75) is 6.92 Å². The molecule has 0 spiro atoms. The molecule has 0 atom stereocenters. The molecule has 24 heavy (non-hydrogen) atoms. The molecule has 0 bridgehead atoms. The topological polar surface area (TPSA) is 68.0 Å². The fourth-order valence-electron chi connectivity index (χ4n) is 2.54. The maximum absolute atomic E-state index is 13.3. The zero-order valence-electron chi connectivity index (χ0n) is 12.8. The van der Waals surface area contributed by atoms with Gasteiger partial charge in [0.05, 0.1) is 41.4 Å². The summed E-state index contributed by atoms with van der Waals surface area (Å²) in [4.78, 5) is 16.6. The Bertz CT molecular complexity index is 1030. The average Bonchev–Trinajstić information content (AvgIpc) is 2.98. The number of hydrogen-bond donors (Lipinski definition) is 1. The van der Waals surface area contributed by atoms with Crippen molar-refractivity contribution in [3.63, 3.8) is 0 Å². The van der Waals surface area contributed by atoms with Crippen molar-refractivity contribution in [3.05, 3.63) is 66.9 Å². The summed E-state index contributed by atoms with van der Waals surface area (Å²) < 4.78 is 15.2. The fourth-order valence-corrected chi connectivity index (χ4v) is 2.54. The summed E-state index contributed by atoms with van der Waals surface area (Å²) >= 11 is 0. The van der Waals surface area contributed by atoms with E-state index < -0.39 is 0 Å². The summed E-state index contributed by atoms with van der Waals surface area (Å²) in [5, 5.41) is 3.14. The highest BCUT2D eigenvalue weighted by Gasteiger charge is 2.10. The predicted octanol–water partition coefficient (Wildman–Crippen LogP) is 3.38. The third kappa shape index (κ3) is 2.56. The molecule has 118 valence electrons. The van der Waals surface area contributed by atoms with Gasteiger partial charge < -0.3 is 5.32 Å². The zero-order valence-corrected chi connectivity index (χ0v) is 12.8. The highest BCUT2D eigenvalue weighted by molar-refractivity contribution is 5.66. The van der Waals surface area contributed by atoms with E-state index in [-0.39, 0.29) is 5.82 Å². The Labute approximate surface area is 137 Å². The quantitative estimate of drug-likeness (QED) is 0.627. The molecule has 4 heterocycles. The molecule has 0 fully saturated rings. The lowest BCUT2D eigenvalue weighted by Gasteiger charge is -2.08. The van der Waals surface area contributed by atoms with Crippen LogP contribution in [0, 0.1) is 12.7 Å². The van der Waals surface area contributed by atoms with E-state index in [0.29, 0.717) is 5.69 Å². The van der Waals surface area contributed by atoms with Gasteiger partial charge in [-0.05, 0) is 24.6 Å². The Morgan fingerprint density at radius 1 is 1.00 bits per heavy atom. The van der Waals surface area contributed by atoms with E-state index in [2.05, 4.69) is 25.3 Å². The Morgan fingerprint density at radius 2 is 1.92 bits per heavy atom. The first-order chi connectivity index (χ1) is 11.7. The highest BCUT2D eigenvalue weighted by Crippen LogP contribution is 2.24. The molecule has 0 aliphatic carbocycles. The first-order valence-corrected chi connectivity index (χ1v) is 7.32. The number of hydrogen-bond acceptors (Lipinski definition) is 5. The molecule has 0 aliphatic heterocycles. The Kier molecular flexibility index (Phi) is 3.38. The smallest absolute Gasteiger partial charge is 0.143 e. The molecule has 0 saturated carbocycles. The summed E-state index contributed by atoms with van der Waals surface area (Å²) in [5.41, 5.74) is 4.82. The van der Waals surface area contributed by atoms with Gasteiger partial charge in [0, 0.05) is 18.5 Å². The van der Waals surface area contributed by atoms with E-state index >= 15 is 0 Å². The van der Waals surface area contributed by atoms with Gasteiger partial charge in [-0.15, -0.1) is 0 Å². The predicted molar refractivity (Wildman–Crippen MR) is 88.4 cm³/mol. The van der Waals surface area contributed by atoms with Crippen LogP contribution >= 0.6 is 0 Å². The standard InChI is InChI=1S/C17H13FN6/c1-11-5-20-10-22-17(11)15-8-21-16-3-2-13(9-24(15)16)23-14-4-12(18)6-19-7-14/h2-10,23H,1H3. The minimum atomic E-state index is -0.388. The summed E-state index contributed by atoms with van der Waals surface area (Å²) in [5.74, 6) is -0.388. The van der Waals surface area contributed by atoms with Gasteiger partial charge >= 0.3 is 0 Å². The Hall–Kier alpha value is -3.35. The van der Waals surface area contributed by atoms with Crippen LogP contribution < -0.4 is 5.32 Å². The van der Waals surface area contributed by atoms with Gasteiger partial charge in [0.1, 0.15) is 17.8 Å². The van der Waals surface area contributed by atoms with Crippen molar-refractivity contribution in [1.82, 2.24) is 24.3 Å². The summed E-state index contributed by atoms with van der Waals surface area (Å²) in [6.07, 6.45) is 9.68. The summed E-state index contributed by atoms with van der Waals surface area (Å²) in [6.45, 7) is 1.95. The monoisotopic (exact) mass is 320 g/mol. The number of nitrogens with zero attached hydrogens (tertiary/aromatic N) is 5. The van der Waals surface area contributed by atoms with Crippen molar-refractivity contribution in [3.8, 4) is 11.4 Å². The van der Waals surface area contributed by atoms with Crippen molar-refractivity contribution in [1.29, 1.82) is 0 Å². The second-order valence-electron chi connectivity index (χ2n) is 5.36. The maximum atomic E-state index is 13.3. The fraction of sp³-hybridized carbons (Fsp3) is 0.0588. The Morgan fingerprint density at radius 3 is 2.75 bits per heavy atom. The van der Waals surface area contributed by atoms with Gasteiger partial charge in [-0.25, -0.2) is 19.3 Å². The van der Waals surface area contributed by atoms with Crippen LogP contribution in [0.3, 0.4) is 0 Å². The lowest BCUT2D eigenvalue weighted by Crippen LogP contribution is -1.97. The molecule has 6 nitrogen and oxygen atoms in total. The molecule has 0 radical (unpaired) electrons. The van der Waals surface area contributed by atoms with Crippen molar-refractivity contribution in [2.75, 3.05) is 5.32 Å². The van der Waals surface area contributed by atoms with Gasteiger partial charge in [0.2, 0.25) is 0 Å². The average molecular weight is 320 g/mol. The number of rotatable bonds is 3. The van der Waals surface area contributed by atoms with Crippen molar-refractivity contribution < 1.29 is 4.39 Å². The van der Waals surface area contributed by atoms with E-state index in [9.17, 15) is 4.39 Å². The van der Waals surface area contributed by atoms with Gasteiger partial charge in [0.25, 0.3) is 0 Å². The zero-order chi connectivity index (χ0) is 16.5. The van der Waals surface area contributed by atoms with Crippen LogP contribution in [0.15, 0.2) is 55.5 Å². The number of halogens is 1. The lowest BCUT2D eigenvalue weighted by molar-refractivity contribution is 0.622. The van der Waals surface area contributed by atoms with Gasteiger partial charge in [-0.2, -0.15) is 0 Å². The van der Waals surface area contributed by atoms with Gasteiger partial charge in [0.15, 0.2) is 0 Å². The molecular weight excluding hydrogens is 307 g/mol. The molecule has 4 aromatic heterocycles. The number of fused-ring (bicyclic) bond motifs is 1. The van der Waals surface area contributed by atoms with Crippen LogP contribution in [-0.2, 0) is 0 Å². The molecule has 0 amide bonds. The van der Waals surface area contributed by atoms with E-state index in [1.54, 1.807) is 18.6 Å². The maximum Gasteiger partial charge on any atom is 0.143 e. The van der Waals surface area contributed by atoms with Crippen molar-refractivity contribution >= 4 is 17.0 Å². The number of anilines is 2. The normalized spacial score (nSPS) is 10.9. The van der Waals surface area contributed by atoms with Crippen LogP contribution in [0.2, 0.25) is 0 Å². The number of nitrogens with one attached hydrogen (secondary N) is 1. The molecule has 0 aliphatic rings. The molecule has 0 aromatic carbocycles. The van der Waals surface area contributed by atoms with Crippen LogP contribution in [0.1, 0.15) is 5.56 Å². The SMILES string of the molecule is Cc1cncnc1-c1cnc2ccc(Nc3cncc(F)c3)cn12. The molecular formula is C17H13FN6. The highest BCUT2D eigenvalue weighted by atomic mass is 19.1. The van der Waals surface area contributed by atoms with E-state index in [4.69, 9.17) is 0 Å². The largest absolute Gasteiger partial charge is 0.353 e. The van der Waals surface area contributed by atoms with Gasteiger partial charge in [-0.3, -0.25) is 9.38 Å². The molecule has 7 heteroatoms.